The highest BCUT2D eigenvalue weighted by Gasteiger charge is 2.24. The lowest BCUT2D eigenvalue weighted by molar-refractivity contribution is -0.129. The van der Waals surface area contributed by atoms with Crippen molar-refractivity contribution in [3.8, 4) is 11.5 Å². The van der Waals surface area contributed by atoms with Gasteiger partial charge in [-0.1, -0.05) is 23.8 Å². The van der Waals surface area contributed by atoms with Crippen LogP contribution in [0, 0.1) is 6.92 Å². The smallest absolute Gasteiger partial charge is 0.363 e. The molecule has 1 aliphatic heterocycles. The van der Waals surface area contributed by atoms with Gasteiger partial charge in [-0.3, -0.25) is 0 Å². The van der Waals surface area contributed by atoms with E-state index < -0.39 is 5.97 Å². The summed E-state index contributed by atoms with van der Waals surface area (Å²) in [4.78, 5) is 16.3. The largest absolute Gasteiger partial charge is 0.493 e. The molecule has 0 spiro atoms. The number of aryl methyl sites for hydroxylation is 1. The molecule has 0 atom stereocenters. The second-order valence-electron chi connectivity index (χ2n) is 5.32. The number of rotatable bonds is 4. The van der Waals surface area contributed by atoms with Crippen molar-refractivity contribution in [3.05, 3.63) is 64.9 Å². The van der Waals surface area contributed by atoms with Crippen LogP contribution in [0.15, 0.2) is 53.2 Å². The molecule has 5 heteroatoms. The van der Waals surface area contributed by atoms with Crippen LogP contribution in [0.5, 0.6) is 11.5 Å². The zero-order chi connectivity index (χ0) is 17.1. The van der Waals surface area contributed by atoms with Gasteiger partial charge in [0, 0.05) is 5.56 Å². The fraction of sp³-hybridized carbons (Fsp3) is 0.158. The predicted molar refractivity (Wildman–Crippen MR) is 91.3 cm³/mol. The molecule has 0 saturated carbocycles. The maximum Gasteiger partial charge on any atom is 0.363 e. The molecule has 0 aliphatic carbocycles. The monoisotopic (exact) mass is 323 g/mol. The molecule has 1 aliphatic rings. The lowest BCUT2D eigenvalue weighted by Gasteiger charge is -2.07. The van der Waals surface area contributed by atoms with Crippen LogP contribution < -0.4 is 9.47 Å². The van der Waals surface area contributed by atoms with Crippen LogP contribution in [0.4, 0.5) is 0 Å². The van der Waals surface area contributed by atoms with Gasteiger partial charge in [0.1, 0.15) is 0 Å². The van der Waals surface area contributed by atoms with Gasteiger partial charge in [0.05, 0.1) is 14.2 Å². The Kier molecular flexibility index (Phi) is 4.33. The summed E-state index contributed by atoms with van der Waals surface area (Å²) in [5.74, 6) is 1.05. The molecule has 0 amide bonds. The number of aliphatic imine (C=N–C) groups is 1. The Morgan fingerprint density at radius 2 is 1.71 bits per heavy atom. The molecule has 3 rings (SSSR count). The maximum absolute atomic E-state index is 12.0. The first kappa shape index (κ1) is 15.8. The molecule has 2 aromatic rings. The minimum atomic E-state index is -0.472. The van der Waals surface area contributed by atoms with E-state index in [2.05, 4.69) is 4.99 Å². The van der Waals surface area contributed by atoms with Gasteiger partial charge in [-0.05, 0) is 42.8 Å². The molecule has 24 heavy (non-hydrogen) atoms. The first-order valence-corrected chi connectivity index (χ1v) is 7.42. The minimum absolute atomic E-state index is 0.248. The summed E-state index contributed by atoms with van der Waals surface area (Å²) in [6, 6.07) is 13.0. The summed E-state index contributed by atoms with van der Waals surface area (Å²) in [5.41, 5.74) is 2.92. The molecule has 0 fully saturated rings. The Morgan fingerprint density at radius 3 is 2.38 bits per heavy atom. The Hall–Kier alpha value is -3.08. The third-order valence-corrected chi connectivity index (χ3v) is 3.63. The number of hydrogen-bond acceptors (Lipinski definition) is 5. The van der Waals surface area contributed by atoms with Crippen molar-refractivity contribution in [1.29, 1.82) is 0 Å². The minimum Gasteiger partial charge on any atom is -0.493 e. The van der Waals surface area contributed by atoms with Gasteiger partial charge >= 0.3 is 5.97 Å². The summed E-state index contributed by atoms with van der Waals surface area (Å²) in [7, 11) is 3.13. The van der Waals surface area contributed by atoms with Crippen LogP contribution in [-0.4, -0.2) is 26.1 Å². The molecule has 0 unspecified atom stereocenters. The Bertz CT molecular complexity index is 835. The number of carbonyl (C=O) groups excluding carboxylic acids is 1. The van der Waals surface area contributed by atoms with E-state index >= 15 is 0 Å². The van der Waals surface area contributed by atoms with Gasteiger partial charge in [-0.15, -0.1) is 0 Å². The van der Waals surface area contributed by atoms with Crippen molar-refractivity contribution >= 4 is 17.9 Å². The zero-order valence-corrected chi connectivity index (χ0v) is 13.7. The van der Waals surface area contributed by atoms with Crippen LogP contribution in [0.1, 0.15) is 16.7 Å². The predicted octanol–water partition coefficient (Wildman–Crippen LogP) is 3.36. The summed E-state index contributed by atoms with van der Waals surface area (Å²) in [6.45, 7) is 1.99. The number of methoxy groups -OCH3 is 2. The lowest BCUT2D eigenvalue weighted by Crippen LogP contribution is -2.05. The van der Waals surface area contributed by atoms with Crippen molar-refractivity contribution < 1.29 is 19.0 Å². The second kappa shape index (κ2) is 6.58. The molecule has 0 radical (unpaired) electrons. The third kappa shape index (κ3) is 3.15. The van der Waals surface area contributed by atoms with E-state index in [0.29, 0.717) is 17.4 Å². The number of carbonyl (C=O) groups is 1. The second-order valence-corrected chi connectivity index (χ2v) is 5.32. The highest BCUT2D eigenvalue weighted by Crippen LogP contribution is 2.29. The van der Waals surface area contributed by atoms with Gasteiger partial charge in [0.25, 0.3) is 0 Å². The number of esters is 1. The summed E-state index contributed by atoms with van der Waals surface area (Å²) in [6.07, 6.45) is 1.66. The number of cyclic esters (lactones) is 1. The van der Waals surface area contributed by atoms with E-state index in [1.807, 2.05) is 37.3 Å². The van der Waals surface area contributed by atoms with Crippen molar-refractivity contribution in [2.24, 2.45) is 4.99 Å². The standard InChI is InChI=1S/C19H17NO4/c1-12-4-7-14(8-5-12)18-20-15(19(21)24-18)10-13-6-9-16(22-2)17(11-13)23-3/h4-11H,1-3H3/b15-10-. The fourth-order valence-corrected chi connectivity index (χ4v) is 2.33. The highest BCUT2D eigenvalue weighted by molar-refractivity contribution is 6.12. The van der Waals surface area contributed by atoms with E-state index in [-0.39, 0.29) is 5.70 Å². The van der Waals surface area contributed by atoms with Gasteiger partial charge in [-0.25, -0.2) is 9.79 Å². The normalized spacial score (nSPS) is 15.2. The Balaban J connectivity index is 1.92. The van der Waals surface area contributed by atoms with Crippen molar-refractivity contribution in [2.75, 3.05) is 14.2 Å². The molecule has 0 bridgehead atoms. The summed E-state index contributed by atoms with van der Waals surface area (Å²) in [5, 5.41) is 0. The zero-order valence-electron chi connectivity index (χ0n) is 13.7. The molecule has 122 valence electrons. The molecule has 1 heterocycles. The van der Waals surface area contributed by atoms with Crippen molar-refractivity contribution in [3.63, 3.8) is 0 Å². The quantitative estimate of drug-likeness (QED) is 0.639. The van der Waals surface area contributed by atoms with Crippen LogP contribution in [0.25, 0.3) is 6.08 Å². The number of benzene rings is 2. The van der Waals surface area contributed by atoms with E-state index in [4.69, 9.17) is 14.2 Å². The van der Waals surface area contributed by atoms with E-state index in [1.165, 1.54) is 0 Å². The average molecular weight is 323 g/mol. The van der Waals surface area contributed by atoms with E-state index in [1.54, 1.807) is 32.4 Å². The van der Waals surface area contributed by atoms with Gasteiger partial charge in [0.2, 0.25) is 5.90 Å². The third-order valence-electron chi connectivity index (χ3n) is 3.63. The van der Waals surface area contributed by atoms with Gasteiger partial charge < -0.3 is 14.2 Å². The average Bonchev–Trinajstić information content (AvgIpc) is 2.96. The first-order chi connectivity index (χ1) is 11.6. The molecule has 2 aromatic carbocycles. The SMILES string of the molecule is COc1ccc(/C=C2\N=C(c3ccc(C)cc3)OC2=O)cc1OC. The summed E-state index contributed by atoms with van der Waals surface area (Å²) < 4.78 is 15.7. The maximum atomic E-state index is 12.0. The fourth-order valence-electron chi connectivity index (χ4n) is 2.33. The topological polar surface area (TPSA) is 57.1 Å². The van der Waals surface area contributed by atoms with E-state index in [0.717, 1.165) is 16.7 Å². The summed E-state index contributed by atoms with van der Waals surface area (Å²) >= 11 is 0. The lowest BCUT2D eigenvalue weighted by atomic mass is 10.1. The number of hydrogen-bond donors (Lipinski definition) is 0. The Morgan fingerprint density at radius 1 is 1.00 bits per heavy atom. The molecule has 0 N–H and O–H groups in total. The Labute approximate surface area is 140 Å². The molecular weight excluding hydrogens is 306 g/mol. The number of nitrogens with zero attached hydrogens (tertiary/aromatic N) is 1. The first-order valence-electron chi connectivity index (χ1n) is 7.42. The van der Waals surface area contributed by atoms with Crippen LogP contribution in [0.3, 0.4) is 0 Å². The highest BCUT2D eigenvalue weighted by atomic mass is 16.6. The van der Waals surface area contributed by atoms with Crippen LogP contribution in [0.2, 0.25) is 0 Å². The van der Waals surface area contributed by atoms with E-state index in [9.17, 15) is 4.79 Å². The molecule has 0 aromatic heterocycles. The number of ether oxygens (including phenoxy) is 3. The molecule has 5 nitrogen and oxygen atoms in total. The molecular formula is C19H17NO4. The molecule has 0 saturated heterocycles. The van der Waals surface area contributed by atoms with Crippen LogP contribution in [-0.2, 0) is 9.53 Å². The van der Waals surface area contributed by atoms with Gasteiger partial charge in [-0.2, -0.15) is 0 Å². The van der Waals surface area contributed by atoms with Crippen molar-refractivity contribution in [2.45, 2.75) is 6.92 Å². The van der Waals surface area contributed by atoms with Crippen molar-refractivity contribution in [1.82, 2.24) is 0 Å². The van der Waals surface area contributed by atoms with Gasteiger partial charge in [0.15, 0.2) is 17.2 Å². The van der Waals surface area contributed by atoms with Crippen LogP contribution >= 0.6 is 0 Å².